The molecule has 144 valence electrons. The fraction of sp³-hybridized carbons (Fsp3) is 0.0667. The van der Waals surface area contributed by atoms with E-state index in [1.54, 1.807) is 4.72 Å². The molecule has 8 nitrogen and oxygen atoms in total. The average molecular weight is 422 g/mol. The molecule has 0 bridgehead atoms. The third kappa shape index (κ3) is 4.83. The Morgan fingerprint density at radius 3 is 2.33 bits per heavy atom. The first-order chi connectivity index (χ1) is 12.5. The first kappa shape index (κ1) is 20.4. The minimum absolute atomic E-state index is 0.0980. The Kier molecular flexibility index (Phi) is 5.86. The van der Waals surface area contributed by atoms with Crippen LogP contribution in [-0.2, 0) is 14.8 Å². The number of anilines is 1. The molecule has 0 fully saturated rings. The molecule has 0 aliphatic rings. The highest BCUT2D eigenvalue weighted by atomic mass is 35.5. The Labute approximate surface area is 156 Å². The molecule has 0 unspecified atom stereocenters. The molecule has 0 atom stereocenters. The standard InChI is InChI=1S/C15H10ClF2NO7S/c16-9-3-7(1-2-13(9)26-6-14(20)21)27(24,25)19-12-4-8(15(22)23)10(17)5-11(12)18/h1-5,19H,6H2,(H,20,21)(H,22,23). The SMILES string of the molecule is O=C(O)COc1ccc(S(=O)(=O)Nc2cc(C(=O)O)c(F)cc2F)cc1Cl. The first-order valence-corrected chi connectivity index (χ1v) is 8.76. The van der Waals surface area contributed by atoms with E-state index in [4.69, 9.17) is 26.6 Å². The molecule has 0 aliphatic carbocycles. The molecule has 0 radical (unpaired) electrons. The summed E-state index contributed by atoms with van der Waals surface area (Å²) < 4.78 is 58.5. The largest absolute Gasteiger partial charge is 0.480 e. The van der Waals surface area contributed by atoms with Crippen molar-refractivity contribution in [2.24, 2.45) is 0 Å². The summed E-state index contributed by atoms with van der Waals surface area (Å²) in [6.07, 6.45) is 0. The van der Waals surface area contributed by atoms with Gasteiger partial charge in [-0.2, -0.15) is 0 Å². The fourth-order valence-corrected chi connectivity index (χ4v) is 3.28. The van der Waals surface area contributed by atoms with Crippen LogP contribution in [0.1, 0.15) is 10.4 Å². The molecule has 27 heavy (non-hydrogen) atoms. The van der Waals surface area contributed by atoms with Crippen LogP contribution >= 0.6 is 11.6 Å². The molecule has 12 heteroatoms. The maximum Gasteiger partial charge on any atom is 0.341 e. The molecule has 0 aliphatic heterocycles. The van der Waals surface area contributed by atoms with E-state index in [1.165, 1.54) is 0 Å². The molecule has 3 N–H and O–H groups in total. The lowest BCUT2D eigenvalue weighted by molar-refractivity contribution is -0.139. The van der Waals surface area contributed by atoms with Crippen molar-refractivity contribution < 1.29 is 41.7 Å². The Morgan fingerprint density at radius 2 is 1.78 bits per heavy atom. The molecule has 2 aromatic carbocycles. The number of benzene rings is 2. The molecule has 0 amide bonds. The zero-order valence-corrected chi connectivity index (χ0v) is 14.6. The zero-order chi connectivity index (χ0) is 20.4. The third-order valence-corrected chi connectivity index (χ3v) is 4.75. The van der Waals surface area contributed by atoms with Crippen molar-refractivity contribution in [1.29, 1.82) is 0 Å². The highest BCUT2D eigenvalue weighted by Crippen LogP contribution is 2.29. The van der Waals surface area contributed by atoms with Crippen LogP contribution in [0.3, 0.4) is 0 Å². The van der Waals surface area contributed by atoms with Gasteiger partial charge in [-0.15, -0.1) is 0 Å². The Balaban J connectivity index is 2.34. The Bertz CT molecular complexity index is 1030. The van der Waals surface area contributed by atoms with E-state index < -0.39 is 56.3 Å². The second kappa shape index (κ2) is 7.76. The van der Waals surface area contributed by atoms with Crippen LogP contribution in [0.5, 0.6) is 5.75 Å². The highest BCUT2D eigenvalue weighted by molar-refractivity contribution is 7.92. The van der Waals surface area contributed by atoms with Crippen molar-refractivity contribution >= 4 is 39.3 Å². The van der Waals surface area contributed by atoms with Gasteiger partial charge in [-0.3, -0.25) is 4.72 Å². The second-order valence-corrected chi connectivity index (χ2v) is 7.09. The number of hydrogen-bond acceptors (Lipinski definition) is 5. The number of nitrogens with one attached hydrogen (secondary N) is 1. The van der Waals surface area contributed by atoms with Crippen LogP contribution < -0.4 is 9.46 Å². The summed E-state index contributed by atoms with van der Waals surface area (Å²) in [7, 11) is -4.42. The fourth-order valence-electron chi connectivity index (χ4n) is 1.90. The number of ether oxygens (including phenoxy) is 1. The van der Waals surface area contributed by atoms with E-state index in [2.05, 4.69) is 0 Å². The van der Waals surface area contributed by atoms with Crippen molar-refractivity contribution in [3.63, 3.8) is 0 Å². The van der Waals surface area contributed by atoms with Gasteiger partial charge in [0.1, 0.15) is 17.4 Å². The number of carboxylic acids is 2. The lowest BCUT2D eigenvalue weighted by atomic mass is 10.2. The molecule has 2 aromatic rings. The highest BCUT2D eigenvalue weighted by Gasteiger charge is 2.21. The van der Waals surface area contributed by atoms with Gasteiger partial charge >= 0.3 is 11.9 Å². The van der Waals surface area contributed by atoms with Crippen LogP contribution in [0, 0.1) is 11.6 Å². The van der Waals surface area contributed by atoms with Crippen molar-refractivity contribution in [3.8, 4) is 5.75 Å². The smallest absolute Gasteiger partial charge is 0.341 e. The van der Waals surface area contributed by atoms with Gasteiger partial charge in [0.05, 0.1) is 21.2 Å². The minimum Gasteiger partial charge on any atom is -0.480 e. The van der Waals surface area contributed by atoms with Crippen LogP contribution in [-0.4, -0.2) is 37.2 Å². The van der Waals surface area contributed by atoms with Crippen molar-refractivity contribution in [3.05, 3.63) is 52.6 Å². The molecule has 2 rings (SSSR count). The number of carboxylic acid groups (broad SMARTS) is 2. The number of aromatic carboxylic acids is 1. The van der Waals surface area contributed by atoms with E-state index in [0.717, 1.165) is 18.2 Å². The molecular weight excluding hydrogens is 412 g/mol. The predicted octanol–water partition coefficient (Wildman–Crippen LogP) is 2.58. The molecule has 0 heterocycles. The summed E-state index contributed by atoms with van der Waals surface area (Å²) in [5.41, 5.74) is -1.71. The van der Waals surface area contributed by atoms with Gasteiger partial charge in [-0.25, -0.2) is 26.8 Å². The van der Waals surface area contributed by atoms with Gasteiger partial charge in [0.15, 0.2) is 6.61 Å². The van der Waals surface area contributed by atoms with E-state index >= 15 is 0 Å². The van der Waals surface area contributed by atoms with Crippen molar-refractivity contribution in [1.82, 2.24) is 0 Å². The lowest BCUT2D eigenvalue weighted by Gasteiger charge is -2.12. The van der Waals surface area contributed by atoms with E-state index in [0.29, 0.717) is 6.07 Å². The normalized spacial score (nSPS) is 11.1. The monoisotopic (exact) mass is 421 g/mol. The van der Waals surface area contributed by atoms with Crippen molar-refractivity contribution in [2.45, 2.75) is 4.90 Å². The van der Waals surface area contributed by atoms with Gasteiger partial charge in [0.25, 0.3) is 10.0 Å². The van der Waals surface area contributed by atoms with Gasteiger partial charge in [0.2, 0.25) is 0 Å². The van der Waals surface area contributed by atoms with Crippen LogP contribution in [0.15, 0.2) is 35.2 Å². The van der Waals surface area contributed by atoms with E-state index in [1.807, 2.05) is 0 Å². The number of rotatable bonds is 7. The topological polar surface area (TPSA) is 130 Å². The molecule has 0 saturated heterocycles. The number of sulfonamides is 1. The van der Waals surface area contributed by atoms with Gasteiger partial charge < -0.3 is 14.9 Å². The van der Waals surface area contributed by atoms with Gasteiger partial charge in [-0.05, 0) is 24.3 Å². The van der Waals surface area contributed by atoms with E-state index in [-0.39, 0.29) is 16.8 Å². The predicted molar refractivity (Wildman–Crippen MR) is 88.7 cm³/mol. The van der Waals surface area contributed by atoms with Crippen LogP contribution in [0.2, 0.25) is 5.02 Å². The molecule has 0 aromatic heterocycles. The summed E-state index contributed by atoms with van der Waals surface area (Å²) >= 11 is 5.83. The summed E-state index contributed by atoms with van der Waals surface area (Å²) in [4.78, 5) is 20.9. The molecule has 0 spiro atoms. The third-order valence-electron chi connectivity index (χ3n) is 3.10. The first-order valence-electron chi connectivity index (χ1n) is 6.90. The number of hydrogen-bond donors (Lipinski definition) is 3. The number of carbonyl (C=O) groups is 2. The number of aliphatic carboxylic acids is 1. The Hall–Kier alpha value is -2.92. The summed E-state index contributed by atoms with van der Waals surface area (Å²) in [5.74, 6) is -5.78. The van der Waals surface area contributed by atoms with Crippen LogP contribution in [0.4, 0.5) is 14.5 Å². The summed E-state index contributed by atoms with van der Waals surface area (Å²) in [5, 5.41) is 17.2. The summed E-state index contributed by atoms with van der Waals surface area (Å²) in [6.45, 7) is -0.706. The average Bonchev–Trinajstić information content (AvgIpc) is 2.55. The van der Waals surface area contributed by atoms with Crippen LogP contribution in [0.25, 0.3) is 0 Å². The lowest BCUT2D eigenvalue weighted by Crippen LogP contribution is -2.15. The molecule has 0 saturated carbocycles. The van der Waals surface area contributed by atoms with Crippen molar-refractivity contribution in [2.75, 3.05) is 11.3 Å². The van der Waals surface area contributed by atoms with Gasteiger partial charge in [-0.1, -0.05) is 11.6 Å². The summed E-state index contributed by atoms with van der Waals surface area (Å²) in [6, 6.07) is 3.74. The molecular formula is C15H10ClF2NO7S. The zero-order valence-electron chi connectivity index (χ0n) is 13.1. The van der Waals surface area contributed by atoms with E-state index in [9.17, 15) is 26.8 Å². The Morgan fingerprint density at radius 1 is 1.11 bits per heavy atom. The maximum atomic E-state index is 13.8. The quantitative estimate of drug-likeness (QED) is 0.626. The maximum absolute atomic E-state index is 13.8. The number of halogens is 3. The second-order valence-electron chi connectivity index (χ2n) is 5.00. The minimum atomic E-state index is -4.42. The van der Waals surface area contributed by atoms with Gasteiger partial charge in [0, 0.05) is 6.07 Å².